The van der Waals surface area contributed by atoms with E-state index in [2.05, 4.69) is 0 Å². The number of likely N-dealkylation sites (N-methyl/N-ethyl adjacent to an activating group) is 1. The van der Waals surface area contributed by atoms with Crippen molar-refractivity contribution < 1.29 is 18.3 Å². The summed E-state index contributed by atoms with van der Waals surface area (Å²) in [7, 11) is 1.33. The van der Waals surface area contributed by atoms with Crippen LogP contribution in [-0.2, 0) is 9.53 Å². The van der Waals surface area contributed by atoms with E-state index in [4.69, 9.17) is 4.74 Å². The minimum Gasteiger partial charge on any atom is -0.377 e. The van der Waals surface area contributed by atoms with Crippen LogP contribution in [0.3, 0.4) is 0 Å². The molecule has 13 heavy (non-hydrogen) atoms. The molecule has 0 aromatic heterocycles. The smallest absolute Gasteiger partial charge is 0.315 e. The van der Waals surface area contributed by atoms with Gasteiger partial charge in [-0.3, -0.25) is 4.79 Å². The maximum Gasteiger partial charge on any atom is 0.315 e. The quantitative estimate of drug-likeness (QED) is 0.658. The minimum atomic E-state index is -2.93. The molecular weight excluding hydrogens is 180 g/mol. The Morgan fingerprint density at radius 2 is 2.00 bits per heavy atom. The van der Waals surface area contributed by atoms with Crippen molar-refractivity contribution in [3.05, 3.63) is 0 Å². The highest BCUT2D eigenvalue weighted by atomic mass is 19.3. The summed E-state index contributed by atoms with van der Waals surface area (Å²) in [6, 6.07) is 0. The van der Waals surface area contributed by atoms with Gasteiger partial charge in [0.2, 0.25) is 0 Å². The van der Waals surface area contributed by atoms with E-state index >= 15 is 0 Å². The molecule has 0 fully saturated rings. The number of rotatable bonds is 5. The first-order valence-electron chi connectivity index (χ1n) is 4.10. The van der Waals surface area contributed by atoms with Gasteiger partial charge in [-0.15, -0.1) is 0 Å². The van der Waals surface area contributed by atoms with Crippen LogP contribution in [0.1, 0.15) is 13.8 Å². The summed E-state index contributed by atoms with van der Waals surface area (Å²) in [5.41, 5.74) is 0. The van der Waals surface area contributed by atoms with Crippen molar-refractivity contribution in [3.8, 4) is 0 Å². The summed E-state index contributed by atoms with van der Waals surface area (Å²) in [4.78, 5) is 11.6. The molecule has 0 aromatic carbocycles. The molecule has 0 aromatic rings. The SMILES string of the molecule is CC(C)OCCN(C)C(=O)C(F)F. The molecule has 5 heteroatoms. The van der Waals surface area contributed by atoms with E-state index in [9.17, 15) is 13.6 Å². The Kier molecular flexibility index (Phi) is 5.53. The molecule has 0 saturated heterocycles. The number of hydrogen-bond acceptors (Lipinski definition) is 2. The second kappa shape index (κ2) is 5.85. The predicted molar refractivity (Wildman–Crippen MR) is 44.7 cm³/mol. The molecule has 0 bridgehead atoms. The van der Waals surface area contributed by atoms with E-state index in [1.807, 2.05) is 13.8 Å². The van der Waals surface area contributed by atoms with Crippen LogP contribution in [0.4, 0.5) is 8.78 Å². The standard InChI is InChI=1S/C8H15F2NO2/c1-6(2)13-5-4-11(3)8(12)7(9)10/h6-7H,4-5H2,1-3H3. The number of carbonyl (C=O) groups excluding carboxylic acids is 1. The summed E-state index contributed by atoms with van der Waals surface area (Å²) >= 11 is 0. The highest BCUT2D eigenvalue weighted by molar-refractivity contribution is 5.78. The number of amides is 1. The van der Waals surface area contributed by atoms with Crippen LogP contribution < -0.4 is 0 Å². The van der Waals surface area contributed by atoms with Gasteiger partial charge in [0.05, 0.1) is 12.7 Å². The summed E-state index contributed by atoms with van der Waals surface area (Å²) in [6.07, 6.45) is -2.88. The zero-order valence-electron chi connectivity index (χ0n) is 8.09. The van der Waals surface area contributed by atoms with E-state index in [1.54, 1.807) is 0 Å². The van der Waals surface area contributed by atoms with Gasteiger partial charge in [-0.2, -0.15) is 8.78 Å². The number of carbonyl (C=O) groups is 1. The van der Waals surface area contributed by atoms with Gasteiger partial charge in [0.25, 0.3) is 5.91 Å². The minimum absolute atomic E-state index is 0.0510. The first-order chi connectivity index (χ1) is 5.95. The Morgan fingerprint density at radius 3 is 2.38 bits per heavy atom. The summed E-state index contributed by atoms with van der Waals surface area (Å²) in [5.74, 6) is -1.16. The lowest BCUT2D eigenvalue weighted by Crippen LogP contribution is -2.35. The second-order valence-corrected chi connectivity index (χ2v) is 2.98. The van der Waals surface area contributed by atoms with Crippen molar-refractivity contribution in [1.82, 2.24) is 4.90 Å². The molecule has 3 nitrogen and oxygen atoms in total. The molecule has 0 aliphatic rings. The van der Waals surface area contributed by atoms with Gasteiger partial charge >= 0.3 is 6.43 Å². The van der Waals surface area contributed by atoms with Crippen LogP contribution in [0.25, 0.3) is 0 Å². The first kappa shape index (κ1) is 12.3. The third kappa shape index (κ3) is 5.52. The van der Waals surface area contributed by atoms with Gasteiger partial charge in [0, 0.05) is 13.6 Å². The number of hydrogen-bond donors (Lipinski definition) is 0. The molecule has 0 radical (unpaired) electrons. The molecule has 0 aliphatic carbocycles. The number of nitrogens with zero attached hydrogens (tertiary/aromatic N) is 1. The van der Waals surface area contributed by atoms with E-state index in [-0.39, 0.29) is 19.3 Å². The molecular formula is C8H15F2NO2. The van der Waals surface area contributed by atoms with Gasteiger partial charge in [-0.25, -0.2) is 0 Å². The van der Waals surface area contributed by atoms with Crippen molar-refractivity contribution >= 4 is 5.91 Å². The van der Waals surface area contributed by atoms with Gasteiger partial charge in [0.1, 0.15) is 0 Å². The normalized spacial score (nSPS) is 11.0. The average Bonchev–Trinajstić information content (AvgIpc) is 2.02. The Morgan fingerprint density at radius 1 is 1.46 bits per heavy atom. The van der Waals surface area contributed by atoms with Gasteiger partial charge in [0.15, 0.2) is 0 Å². The van der Waals surface area contributed by atoms with E-state index in [0.717, 1.165) is 4.90 Å². The van der Waals surface area contributed by atoms with Crippen molar-refractivity contribution in [3.63, 3.8) is 0 Å². The summed E-state index contributed by atoms with van der Waals surface area (Å²) in [5, 5.41) is 0. The predicted octanol–water partition coefficient (Wildman–Crippen LogP) is 1.13. The van der Waals surface area contributed by atoms with Crippen LogP contribution in [0, 0.1) is 0 Å². The maximum absolute atomic E-state index is 11.8. The van der Waals surface area contributed by atoms with Crippen LogP contribution in [-0.4, -0.2) is 43.5 Å². The summed E-state index contributed by atoms with van der Waals surface area (Å²) < 4.78 is 28.8. The fourth-order valence-electron chi connectivity index (χ4n) is 0.702. The van der Waals surface area contributed by atoms with E-state index in [0.29, 0.717) is 0 Å². The van der Waals surface area contributed by atoms with Crippen LogP contribution in [0.2, 0.25) is 0 Å². The van der Waals surface area contributed by atoms with Crippen molar-refractivity contribution in [2.24, 2.45) is 0 Å². The zero-order valence-corrected chi connectivity index (χ0v) is 8.09. The highest BCUT2D eigenvalue weighted by Crippen LogP contribution is 1.98. The van der Waals surface area contributed by atoms with E-state index < -0.39 is 12.3 Å². The van der Waals surface area contributed by atoms with Crippen LogP contribution in [0.15, 0.2) is 0 Å². The molecule has 0 aliphatic heterocycles. The molecule has 0 N–H and O–H groups in total. The number of halogens is 2. The Hall–Kier alpha value is -0.710. The van der Waals surface area contributed by atoms with Crippen molar-refractivity contribution in [1.29, 1.82) is 0 Å². The molecule has 78 valence electrons. The van der Waals surface area contributed by atoms with Crippen LogP contribution >= 0.6 is 0 Å². The fraction of sp³-hybridized carbons (Fsp3) is 0.875. The Balaban J connectivity index is 3.62. The molecule has 0 heterocycles. The average molecular weight is 195 g/mol. The van der Waals surface area contributed by atoms with Crippen molar-refractivity contribution in [2.45, 2.75) is 26.4 Å². The zero-order chi connectivity index (χ0) is 10.4. The van der Waals surface area contributed by atoms with Gasteiger partial charge < -0.3 is 9.64 Å². The Labute approximate surface area is 76.7 Å². The third-order valence-electron chi connectivity index (χ3n) is 1.44. The monoisotopic (exact) mass is 195 g/mol. The third-order valence-corrected chi connectivity index (χ3v) is 1.44. The molecule has 1 amide bonds. The molecule has 0 saturated carbocycles. The largest absolute Gasteiger partial charge is 0.377 e. The summed E-state index contributed by atoms with van der Waals surface area (Å²) in [6.45, 7) is 4.16. The topological polar surface area (TPSA) is 29.5 Å². The maximum atomic E-state index is 11.8. The van der Waals surface area contributed by atoms with Crippen molar-refractivity contribution in [2.75, 3.05) is 20.2 Å². The molecule has 0 unspecified atom stereocenters. The first-order valence-corrected chi connectivity index (χ1v) is 4.10. The lowest BCUT2D eigenvalue weighted by Gasteiger charge is -2.17. The number of alkyl halides is 2. The molecule has 0 spiro atoms. The highest BCUT2D eigenvalue weighted by Gasteiger charge is 2.19. The van der Waals surface area contributed by atoms with Gasteiger partial charge in [-0.05, 0) is 13.8 Å². The van der Waals surface area contributed by atoms with Gasteiger partial charge in [-0.1, -0.05) is 0 Å². The number of ether oxygens (including phenoxy) is 1. The van der Waals surface area contributed by atoms with E-state index in [1.165, 1.54) is 7.05 Å². The lowest BCUT2D eigenvalue weighted by atomic mass is 10.4. The second-order valence-electron chi connectivity index (χ2n) is 2.98. The fourth-order valence-corrected chi connectivity index (χ4v) is 0.702. The molecule has 0 atom stereocenters. The Bertz CT molecular complexity index is 162. The lowest BCUT2D eigenvalue weighted by molar-refractivity contribution is -0.142. The molecule has 0 rings (SSSR count). The van der Waals surface area contributed by atoms with Crippen LogP contribution in [0.5, 0.6) is 0 Å².